The number of para-hydroxylation sites is 1. The highest BCUT2D eigenvalue weighted by Crippen LogP contribution is 2.51. The van der Waals surface area contributed by atoms with Gasteiger partial charge in [-0.05, 0) is 56.1 Å². The average Bonchev–Trinajstić information content (AvgIpc) is 2.93. The number of primary amides is 1. The first-order valence-electron chi connectivity index (χ1n) is 7.88. The van der Waals surface area contributed by atoms with Crippen LogP contribution >= 0.6 is 11.6 Å². The topological polar surface area (TPSA) is 55.1 Å². The van der Waals surface area contributed by atoms with Gasteiger partial charge in [-0.2, -0.15) is 0 Å². The molecule has 2 saturated carbocycles. The van der Waals surface area contributed by atoms with E-state index in [1.807, 2.05) is 24.3 Å². The van der Waals surface area contributed by atoms with Gasteiger partial charge in [-0.25, -0.2) is 0 Å². The molecule has 1 aromatic carbocycles. The lowest BCUT2D eigenvalue weighted by Crippen LogP contribution is -2.54. The molecular weight excluding hydrogens is 284 g/mol. The highest BCUT2D eigenvalue weighted by Gasteiger charge is 2.47. The zero-order valence-electron chi connectivity index (χ0n) is 12.3. The second-order valence-electron chi connectivity index (χ2n) is 6.76. The maximum Gasteiger partial charge on any atom is 0.243 e. The summed E-state index contributed by atoms with van der Waals surface area (Å²) in [6, 6.07) is 7.55. The van der Waals surface area contributed by atoms with Gasteiger partial charge in [-0.1, -0.05) is 36.6 Å². The minimum atomic E-state index is -0.640. The summed E-state index contributed by atoms with van der Waals surface area (Å²) in [4.78, 5) is 12.1. The lowest BCUT2D eigenvalue weighted by molar-refractivity contribution is -0.124. The Balaban J connectivity index is 1.79. The summed E-state index contributed by atoms with van der Waals surface area (Å²) in [6.45, 7) is 0. The third-order valence-corrected chi connectivity index (χ3v) is 5.88. The van der Waals surface area contributed by atoms with Gasteiger partial charge in [0, 0.05) is 0 Å². The fraction of sp³-hybridized carbons (Fsp3) is 0.588. The molecule has 3 rings (SSSR count). The van der Waals surface area contributed by atoms with Gasteiger partial charge in [-0.3, -0.25) is 4.79 Å². The van der Waals surface area contributed by atoms with E-state index >= 15 is 0 Å². The first-order chi connectivity index (χ1) is 10.1. The molecule has 0 heterocycles. The molecule has 0 radical (unpaired) electrons. The average molecular weight is 307 g/mol. The highest BCUT2D eigenvalue weighted by atomic mass is 35.5. The quantitative estimate of drug-likeness (QED) is 0.883. The van der Waals surface area contributed by atoms with Gasteiger partial charge in [-0.15, -0.1) is 0 Å². The lowest BCUT2D eigenvalue weighted by Gasteiger charge is -2.44. The van der Waals surface area contributed by atoms with Crippen molar-refractivity contribution in [1.82, 2.24) is 0 Å². The molecule has 0 unspecified atom stereocenters. The van der Waals surface area contributed by atoms with Gasteiger partial charge in [0.25, 0.3) is 0 Å². The lowest BCUT2D eigenvalue weighted by atomic mass is 9.66. The zero-order chi connectivity index (χ0) is 14.9. The molecule has 1 spiro atoms. The predicted octanol–water partition coefficient (Wildman–Crippen LogP) is 4.11. The number of benzene rings is 1. The number of amides is 1. The Morgan fingerprint density at radius 3 is 2.24 bits per heavy atom. The number of carbonyl (C=O) groups is 1. The second kappa shape index (κ2) is 5.53. The standard InChI is InChI=1S/C17H23ClN2O/c18-13-5-1-2-6-14(13)20-17(15(19)21)11-9-16(10-12-17)7-3-4-8-16/h1-2,5-6,20H,3-4,7-12H2,(H2,19,21). The molecule has 0 saturated heterocycles. The Labute approximate surface area is 131 Å². The maximum atomic E-state index is 12.1. The van der Waals surface area contributed by atoms with Crippen molar-refractivity contribution in [3.8, 4) is 0 Å². The van der Waals surface area contributed by atoms with Crippen LogP contribution < -0.4 is 11.1 Å². The molecule has 2 fully saturated rings. The van der Waals surface area contributed by atoms with Gasteiger partial charge < -0.3 is 11.1 Å². The van der Waals surface area contributed by atoms with E-state index in [2.05, 4.69) is 5.32 Å². The summed E-state index contributed by atoms with van der Waals surface area (Å²) in [6.07, 6.45) is 9.10. The van der Waals surface area contributed by atoms with Crippen molar-refractivity contribution in [3.63, 3.8) is 0 Å². The van der Waals surface area contributed by atoms with Gasteiger partial charge >= 0.3 is 0 Å². The van der Waals surface area contributed by atoms with Crippen LogP contribution in [0.3, 0.4) is 0 Å². The van der Waals surface area contributed by atoms with Gasteiger partial charge in [0.15, 0.2) is 0 Å². The van der Waals surface area contributed by atoms with Crippen LogP contribution in [0.4, 0.5) is 5.69 Å². The number of carbonyl (C=O) groups excluding carboxylic acids is 1. The largest absolute Gasteiger partial charge is 0.370 e. The van der Waals surface area contributed by atoms with Gasteiger partial charge in [0.2, 0.25) is 5.91 Å². The van der Waals surface area contributed by atoms with E-state index in [1.165, 1.54) is 25.7 Å². The minimum Gasteiger partial charge on any atom is -0.370 e. The van der Waals surface area contributed by atoms with Crippen molar-refractivity contribution in [2.75, 3.05) is 5.32 Å². The third kappa shape index (κ3) is 2.76. The number of nitrogens with two attached hydrogens (primary N) is 1. The van der Waals surface area contributed by atoms with Crippen molar-refractivity contribution in [1.29, 1.82) is 0 Å². The summed E-state index contributed by atoms with van der Waals surface area (Å²) in [5, 5.41) is 4.00. The maximum absolute atomic E-state index is 12.1. The molecule has 0 aromatic heterocycles. The van der Waals surface area contributed by atoms with Crippen molar-refractivity contribution in [3.05, 3.63) is 29.3 Å². The van der Waals surface area contributed by atoms with Crippen molar-refractivity contribution in [2.24, 2.45) is 11.1 Å². The molecule has 2 aliphatic rings. The van der Waals surface area contributed by atoms with Crippen LogP contribution in [0.5, 0.6) is 0 Å². The van der Waals surface area contributed by atoms with E-state index < -0.39 is 5.54 Å². The molecule has 0 aliphatic heterocycles. The van der Waals surface area contributed by atoms with E-state index in [0.717, 1.165) is 31.4 Å². The summed E-state index contributed by atoms with van der Waals surface area (Å²) in [5.41, 5.74) is 6.38. The highest BCUT2D eigenvalue weighted by molar-refractivity contribution is 6.33. The van der Waals surface area contributed by atoms with Crippen LogP contribution in [0.1, 0.15) is 51.4 Å². The number of rotatable bonds is 3. The SMILES string of the molecule is NC(=O)C1(Nc2ccccc2Cl)CCC2(CCCC2)CC1. The third-order valence-electron chi connectivity index (χ3n) is 5.55. The molecule has 1 aromatic rings. The van der Waals surface area contributed by atoms with Crippen LogP contribution in [0, 0.1) is 5.41 Å². The number of halogens is 1. The molecule has 2 aliphatic carbocycles. The molecule has 114 valence electrons. The van der Waals surface area contributed by atoms with Crippen LogP contribution in [0.15, 0.2) is 24.3 Å². The first kappa shape index (κ1) is 14.7. The Morgan fingerprint density at radius 1 is 1.05 bits per heavy atom. The van der Waals surface area contributed by atoms with E-state index in [1.54, 1.807) is 0 Å². The minimum absolute atomic E-state index is 0.254. The summed E-state index contributed by atoms with van der Waals surface area (Å²) in [5.74, 6) is -0.254. The monoisotopic (exact) mass is 306 g/mol. The number of anilines is 1. The van der Waals surface area contributed by atoms with Gasteiger partial charge in [0.1, 0.15) is 5.54 Å². The first-order valence-corrected chi connectivity index (χ1v) is 8.26. The van der Waals surface area contributed by atoms with Crippen LogP contribution in [0.2, 0.25) is 5.02 Å². The molecule has 0 atom stereocenters. The Hall–Kier alpha value is -1.22. The van der Waals surface area contributed by atoms with Crippen molar-refractivity contribution >= 4 is 23.2 Å². The Bertz CT molecular complexity index is 527. The molecule has 1 amide bonds. The smallest absolute Gasteiger partial charge is 0.243 e. The number of hydrogen-bond donors (Lipinski definition) is 2. The summed E-state index contributed by atoms with van der Waals surface area (Å²) >= 11 is 6.22. The number of hydrogen-bond acceptors (Lipinski definition) is 2. The van der Waals surface area contributed by atoms with Crippen molar-refractivity contribution < 1.29 is 4.79 Å². The van der Waals surface area contributed by atoms with Crippen molar-refractivity contribution in [2.45, 2.75) is 56.9 Å². The molecule has 4 heteroatoms. The van der Waals surface area contributed by atoms with Crippen LogP contribution in [-0.2, 0) is 4.79 Å². The van der Waals surface area contributed by atoms with E-state index in [0.29, 0.717) is 10.4 Å². The van der Waals surface area contributed by atoms with Gasteiger partial charge in [0.05, 0.1) is 10.7 Å². The van der Waals surface area contributed by atoms with Crippen LogP contribution in [0.25, 0.3) is 0 Å². The fourth-order valence-corrected chi connectivity index (χ4v) is 4.27. The van der Waals surface area contributed by atoms with E-state index in [4.69, 9.17) is 17.3 Å². The predicted molar refractivity (Wildman–Crippen MR) is 86.4 cm³/mol. The number of nitrogens with one attached hydrogen (secondary N) is 1. The van der Waals surface area contributed by atoms with E-state index in [9.17, 15) is 4.79 Å². The fourth-order valence-electron chi connectivity index (χ4n) is 4.09. The molecule has 0 bridgehead atoms. The summed E-state index contributed by atoms with van der Waals surface area (Å²) in [7, 11) is 0. The molecule has 3 nitrogen and oxygen atoms in total. The Kier molecular flexibility index (Phi) is 3.87. The second-order valence-corrected chi connectivity index (χ2v) is 7.17. The van der Waals surface area contributed by atoms with Crippen LogP contribution in [-0.4, -0.2) is 11.4 Å². The Morgan fingerprint density at radius 2 is 1.67 bits per heavy atom. The molecule has 21 heavy (non-hydrogen) atoms. The van der Waals surface area contributed by atoms with E-state index in [-0.39, 0.29) is 5.91 Å². The zero-order valence-corrected chi connectivity index (χ0v) is 13.1. The molecular formula is C17H23ClN2O. The normalized spacial score (nSPS) is 23.1. The summed E-state index contributed by atoms with van der Waals surface area (Å²) < 4.78 is 0. The molecule has 3 N–H and O–H groups in total.